The lowest BCUT2D eigenvalue weighted by atomic mass is 10.0. The summed E-state index contributed by atoms with van der Waals surface area (Å²) in [5.74, 6) is 0.323. The maximum atomic E-state index is 12.0. The Morgan fingerprint density at radius 3 is 2.89 bits per heavy atom. The molecular formula is C15H19NO3. The molecule has 0 aromatic heterocycles. The van der Waals surface area contributed by atoms with Crippen LogP contribution in [0.15, 0.2) is 24.3 Å². The highest BCUT2D eigenvalue weighted by molar-refractivity contribution is 5.82. The highest BCUT2D eigenvalue weighted by Crippen LogP contribution is 2.26. The zero-order chi connectivity index (χ0) is 13.1. The zero-order valence-electron chi connectivity index (χ0n) is 10.9. The van der Waals surface area contributed by atoms with Crippen LogP contribution in [0.4, 0.5) is 5.69 Å². The first-order valence-electron chi connectivity index (χ1n) is 6.92. The number of ether oxygens (including phenoxy) is 2. The number of hydrogen-bond acceptors (Lipinski definition) is 4. The fraction of sp³-hybridized carbons (Fsp3) is 0.533. The summed E-state index contributed by atoms with van der Waals surface area (Å²) >= 11 is 0. The van der Waals surface area contributed by atoms with Crippen molar-refractivity contribution in [2.45, 2.75) is 25.3 Å². The number of carbonyl (C=O) groups is 1. The van der Waals surface area contributed by atoms with E-state index in [2.05, 4.69) is 5.32 Å². The summed E-state index contributed by atoms with van der Waals surface area (Å²) in [6.45, 7) is 2.10. The molecule has 1 saturated heterocycles. The largest absolute Gasteiger partial charge is 0.464 e. The van der Waals surface area contributed by atoms with Crippen molar-refractivity contribution in [3.8, 4) is 0 Å². The Hall–Kier alpha value is -1.55. The van der Waals surface area contributed by atoms with E-state index in [1.165, 1.54) is 5.56 Å². The van der Waals surface area contributed by atoms with Gasteiger partial charge in [-0.15, -0.1) is 0 Å². The summed E-state index contributed by atoms with van der Waals surface area (Å²) in [4.78, 5) is 12.0. The molecule has 0 spiro atoms. The highest BCUT2D eigenvalue weighted by Gasteiger charge is 2.28. The average molecular weight is 261 g/mol. The van der Waals surface area contributed by atoms with Crippen LogP contribution in [-0.4, -0.2) is 31.8 Å². The minimum atomic E-state index is -0.225. The number of rotatable bonds is 3. The molecule has 4 nitrogen and oxygen atoms in total. The number of hydrogen-bond donors (Lipinski definition) is 1. The van der Waals surface area contributed by atoms with E-state index in [0.29, 0.717) is 12.5 Å². The van der Waals surface area contributed by atoms with Gasteiger partial charge in [0.25, 0.3) is 0 Å². The zero-order valence-corrected chi connectivity index (χ0v) is 10.9. The molecule has 4 heteroatoms. The lowest BCUT2D eigenvalue weighted by molar-refractivity contribution is -0.146. The normalized spacial score (nSPS) is 22.6. The van der Waals surface area contributed by atoms with Gasteiger partial charge in [-0.25, -0.2) is 4.79 Å². The van der Waals surface area contributed by atoms with Crippen molar-refractivity contribution < 1.29 is 14.3 Å². The molecule has 0 unspecified atom stereocenters. The molecule has 102 valence electrons. The first-order chi connectivity index (χ1) is 9.33. The molecule has 0 radical (unpaired) electrons. The van der Waals surface area contributed by atoms with Crippen LogP contribution in [0.25, 0.3) is 0 Å². The first-order valence-corrected chi connectivity index (χ1v) is 6.92. The quantitative estimate of drug-likeness (QED) is 0.845. The van der Waals surface area contributed by atoms with E-state index in [0.717, 1.165) is 38.2 Å². The van der Waals surface area contributed by atoms with E-state index in [9.17, 15) is 4.79 Å². The number of esters is 1. The minimum absolute atomic E-state index is 0.136. The third kappa shape index (κ3) is 2.89. The summed E-state index contributed by atoms with van der Waals surface area (Å²) in [6, 6.07) is 7.80. The van der Waals surface area contributed by atoms with Crippen LogP contribution in [0.3, 0.4) is 0 Å². The van der Waals surface area contributed by atoms with Crippen molar-refractivity contribution in [2.24, 2.45) is 5.92 Å². The summed E-state index contributed by atoms with van der Waals surface area (Å²) in [7, 11) is 0. The van der Waals surface area contributed by atoms with Gasteiger partial charge in [-0.2, -0.15) is 0 Å². The monoisotopic (exact) mass is 261 g/mol. The van der Waals surface area contributed by atoms with Gasteiger partial charge in [-0.05, 0) is 30.4 Å². The van der Waals surface area contributed by atoms with Gasteiger partial charge in [0.1, 0.15) is 6.04 Å². The van der Waals surface area contributed by atoms with E-state index in [1.807, 2.05) is 24.3 Å². The summed E-state index contributed by atoms with van der Waals surface area (Å²) in [5, 5.41) is 3.22. The van der Waals surface area contributed by atoms with E-state index < -0.39 is 0 Å². The predicted molar refractivity (Wildman–Crippen MR) is 72.1 cm³/mol. The molecule has 2 aliphatic heterocycles. The van der Waals surface area contributed by atoms with Crippen molar-refractivity contribution in [1.29, 1.82) is 0 Å². The molecule has 1 aromatic carbocycles. The topological polar surface area (TPSA) is 47.6 Å². The summed E-state index contributed by atoms with van der Waals surface area (Å²) in [6.07, 6.45) is 2.71. The highest BCUT2D eigenvalue weighted by atomic mass is 16.5. The third-order valence-corrected chi connectivity index (χ3v) is 3.86. The molecular weight excluding hydrogens is 242 g/mol. The van der Waals surface area contributed by atoms with E-state index >= 15 is 0 Å². The van der Waals surface area contributed by atoms with Crippen LogP contribution >= 0.6 is 0 Å². The lowest BCUT2D eigenvalue weighted by Crippen LogP contribution is -2.31. The van der Waals surface area contributed by atoms with Crippen molar-refractivity contribution in [3.05, 3.63) is 29.8 Å². The molecule has 2 heterocycles. The molecule has 2 aliphatic rings. The average Bonchev–Trinajstić information content (AvgIpc) is 2.90. The Balaban J connectivity index is 1.49. The predicted octanol–water partition coefficient (Wildman–Crippen LogP) is 1.99. The van der Waals surface area contributed by atoms with Crippen LogP contribution < -0.4 is 5.32 Å². The van der Waals surface area contributed by atoms with Crippen molar-refractivity contribution in [2.75, 3.05) is 25.1 Å². The number of fused-ring (bicyclic) bond motifs is 1. The van der Waals surface area contributed by atoms with E-state index in [-0.39, 0.29) is 12.0 Å². The molecule has 3 rings (SSSR count). The molecule has 0 amide bonds. The maximum absolute atomic E-state index is 12.0. The fourth-order valence-electron chi connectivity index (χ4n) is 2.65. The molecule has 0 bridgehead atoms. The van der Waals surface area contributed by atoms with E-state index in [1.54, 1.807) is 0 Å². The molecule has 0 aliphatic carbocycles. The Kier molecular flexibility index (Phi) is 3.69. The van der Waals surface area contributed by atoms with Crippen LogP contribution in [0, 0.1) is 5.92 Å². The number of nitrogens with one attached hydrogen (secondary N) is 1. The Morgan fingerprint density at radius 1 is 1.32 bits per heavy atom. The van der Waals surface area contributed by atoms with Gasteiger partial charge in [0.05, 0.1) is 6.61 Å². The smallest absolute Gasteiger partial charge is 0.328 e. The maximum Gasteiger partial charge on any atom is 0.328 e. The van der Waals surface area contributed by atoms with Gasteiger partial charge in [0, 0.05) is 25.3 Å². The third-order valence-electron chi connectivity index (χ3n) is 3.86. The number of para-hydroxylation sites is 1. The van der Waals surface area contributed by atoms with E-state index in [4.69, 9.17) is 9.47 Å². The fourth-order valence-corrected chi connectivity index (χ4v) is 2.65. The van der Waals surface area contributed by atoms with Crippen molar-refractivity contribution in [3.63, 3.8) is 0 Å². The second-order valence-corrected chi connectivity index (χ2v) is 5.24. The van der Waals surface area contributed by atoms with Gasteiger partial charge in [0.15, 0.2) is 0 Å². The molecule has 1 fully saturated rings. The van der Waals surface area contributed by atoms with Gasteiger partial charge in [-0.1, -0.05) is 18.2 Å². The summed E-state index contributed by atoms with van der Waals surface area (Å²) < 4.78 is 10.7. The van der Waals surface area contributed by atoms with Gasteiger partial charge < -0.3 is 14.8 Å². The number of carbonyl (C=O) groups excluding carboxylic acids is 1. The van der Waals surface area contributed by atoms with Crippen LogP contribution in [0.1, 0.15) is 18.4 Å². The molecule has 19 heavy (non-hydrogen) atoms. The Bertz CT molecular complexity index is 429. The lowest BCUT2D eigenvalue weighted by Gasteiger charge is -2.22. The summed E-state index contributed by atoms with van der Waals surface area (Å²) in [5.41, 5.74) is 2.24. The van der Waals surface area contributed by atoms with Crippen molar-refractivity contribution in [1.82, 2.24) is 0 Å². The van der Waals surface area contributed by atoms with Crippen LogP contribution in [0.2, 0.25) is 0 Å². The molecule has 1 aromatic rings. The SMILES string of the molecule is O=C(OCC1CCOCC1)[C@@H]1Cc2ccccc2N1. The second-order valence-electron chi connectivity index (χ2n) is 5.24. The molecule has 1 atom stereocenters. The minimum Gasteiger partial charge on any atom is -0.464 e. The first kappa shape index (κ1) is 12.5. The number of anilines is 1. The Morgan fingerprint density at radius 2 is 2.11 bits per heavy atom. The van der Waals surface area contributed by atoms with Gasteiger partial charge in [-0.3, -0.25) is 0 Å². The van der Waals surface area contributed by atoms with Crippen LogP contribution in [-0.2, 0) is 20.7 Å². The molecule has 0 saturated carbocycles. The van der Waals surface area contributed by atoms with Gasteiger partial charge >= 0.3 is 5.97 Å². The number of benzene rings is 1. The van der Waals surface area contributed by atoms with Crippen molar-refractivity contribution >= 4 is 11.7 Å². The molecule has 1 N–H and O–H groups in total. The van der Waals surface area contributed by atoms with Gasteiger partial charge in [0.2, 0.25) is 0 Å². The van der Waals surface area contributed by atoms with Crippen LogP contribution in [0.5, 0.6) is 0 Å². The Labute approximate surface area is 113 Å². The second kappa shape index (κ2) is 5.61. The standard InChI is InChI=1S/C15H19NO3/c17-15(19-10-11-5-7-18-8-6-11)14-9-12-3-1-2-4-13(12)16-14/h1-4,11,14,16H,5-10H2/t14-/m0/s1.